The van der Waals surface area contributed by atoms with E-state index >= 15 is 0 Å². The molecule has 0 saturated carbocycles. The van der Waals surface area contributed by atoms with E-state index in [1.807, 2.05) is 13.1 Å². The van der Waals surface area contributed by atoms with Crippen molar-refractivity contribution in [2.24, 2.45) is 5.92 Å². The second-order valence-corrected chi connectivity index (χ2v) is 6.27. The van der Waals surface area contributed by atoms with Crippen molar-refractivity contribution < 1.29 is 4.79 Å². The molecule has 0 spiro atoms. The Kier molecular flexibility index (Phi) is 7.05. The number of hydrogen-bond donors (Lipinski definition) is 3. The van der Waals surface area contributed by atoms with Crippen LogP contribution >= 0.6 is 12.4 Å². The molecule has 1 atom stereocenters. The summed E-state index contributed by atoms with van der Waals surface area (Å²) in [5.41, 5.74) is 0. The van der Waals surface area contributed by atoms with Gasteiger partial charge in [0, 0.05) is 38.2 Å². The van der Waals surface area contributed by atoms with E-state index in [0.717, 1.165) is 57.0 Å². The van der Waals surface area contributed by atoms with Crippen LogP contribution in [0.1, 0.15) is 25.7 Å². The Bertz CT molecular complexity index is 537. The quantitative estimate of drug-likeness (QED) is 0.732. The van der Waals surface area contributed by atoms with Crippen LogP contribution in [0.25, 0.3) is 0 Å². The number of halogens is 1. The van der Waals surface area contributed by atoms with Crippen molar-refractivity contribution in [3.05, 3.63) is 12.4 Å². The van der Waals surface area contributed by atoms with Gasteiger partial charge in [-0.2, -0.15) is 0 Å². The van der Waals surface area contributed by atoms with Gasteiger partial charge in [0.25, 0.3) is 0 Å². The van der Waals surface area contributed by atoms with Gasteiger partial charge in [0.2, 0.25) is 5.91 Å². The molecular weight excluding hydrogens is 328 g/mol. The smallest absolute Gasteiger partial charge is 0.223 e. The second kappa shape index (κ2) is 9.03. The first kappa shape index (κ1) is 18.7. The van der Waals surface area contributed by atoms with E-state index in [9.17, 15) is 4.79 Å². The van der Waals surface area contributed by atoms with Crippen molar-refractivity contribution >= 4 is 29.9 Å². The Hall–Kier alpha value is -1.60. The lowest BCUT2D eigenvalue weighted by atomic mass is 9.97. The number of piperidine rings is 1. The maximum absolute atomic E-state index is 12.3. The third-order valence-electron chi connectivity index (χ3n) is 4.80. The zero-order chi connectivity index (χ0) is 16.1. The molecule has 1 unspecified atom stereocenters. The minimum Gasteiger partial charge on any atom is -0.373 e. The number of aromatic nitrogens is 2. The predicted molar refractivity (Wildman–Crippen MR) is 97.8 cm³/mol. The van der Waals surface area contributed by atoms with E-state index in [2.05, 4.69) is 30.8 Å². The van der Waals surface area contributed by atoms with E-state index in [1.54, 1.807) is 6.33 Å². The molecule has 3 rings (SSSR count). The largest absolute Gasteiger partial charge is 0.373 e. The molecule has 2 aliphatic rings. The Morgan fingerprint density at radius 3 is 2.88 bits per heavy atom. The summed E-state index contributed by atoms with van der Waals surface area (Å²) >= 11 is 0. The molecular formula is C16H27ClN6O. The number of hydrogen-bond acceptors (Lipinski definition) is 6. The molecule has 7 nitrogen and oxygen atoms in total. The summed E-state index contributed by atoms with van der Waals surface area (Å²) in [6.07, 6.45) is 5.69. The van der Waals surface area contributed by atoms with Gasteiger partial charge in [0.15, 0.2) is 0 Å². The van der Waals surface area contributed by atoms with Crippen LogP contribution in [0.3, 0.4) is 0 Å². The molecule has 3 N–H and O–H groups in total. The zero-order valence-corrected chi connectivity index (χ0v) is 14.9. The fourth-order valence-electron chi connectivity index (χ4n) is 3.44. The van der Waals surface area contributed by atoms with Crippen molar-refractivity contribution in [3.8, 4) is 0 Å². The maximum atomic E-state index is 12.3. The number of nitrogens with one attached hydrogen (secondary N) is 3. The molecule has 0 aromatic carbocycles. The normalized spacial score (nSPS) is 21.2. The maximum Gasteiger partial charge on any atom is 0.223 e. The lowest BCUT2D eigenvalue weighted by molar-refractivity contribution is -0.125. The Labute approximate surface area is 149 Å². The number of amides is 1. The third-order valence-corrected chi connectivity index (χ3v) is 4.80. The summed E-state index contributed by atoms with van der Waals surface area (Å²) in [4.78, 5) is 23.1. The average Bonchev–Trinajstić information content (AvgIpc) is 3.09. The lowest BCUT2D eigenvalue weighted by Gasteiger charge is -2.27. The van der Waals surface area contributed by atoms with E-state index in [4.69, 9.17) is 0 Å². The first-order valence-electron chi connectivity index (χ1n) is 8.53. The standard InChI is InChI=1S/C16H26N6O.ClH/c1-17-14-9-15(21-11-20-14)22-8-2-3-13(22)10-19-16(23)12-4-6-18-7-5-12;/h9,11-13,18H,2-8,10H2,1H3,(H,19,23)(H,17,20,21);1H. The summed E-state index contributed by atoms with van der Waals surface area (Å²) in [7, 11) is 1.85. The van der Waals surface area contributed by atoms with Crippen molar-refractivity contribution in [2.45, 2.75) is 31.7 Å². The Balaban J connectivity index is 0.00000208. The molecule has 8 heteroatoms. The van der Waals surface area contributed by atoms with Crippen LogP contribution in [0.4, 0.5) is 11.6 Å². The van der Waals surface area contributed by atoms with Gasteiger partial charge in [-0.05, 0) is 38.8 Å². The van der Waals surface area contributed by atoms with E-state index in [-0.39, 0.29) is 24.2 Å². The molecule has 0 aliphatic carbocycles. The van der Waals surface area contributed by atoms with E-state index < -0.39 is 0 Å². The van der Waals surface area contributed by atoms with Gasteiger partial charge in [0.1, 0.15) is 18.0 Å². The molecule has 24 heavy (non-hydrogen) atoms. The highest BCUT2D eigenvalue weighted by atomic mass is 35.5. The summed E-state index contributed by atoms with van der Waals surface area (Å²) in [5.74, 6) is 2.13. The summed E-state index contributed by atoms with van der Waals surface area (Å²) in [5, 5.41) is 9.50. The van der Waals surface area contributed by atoms with Crippen molar-refractivity contribution in [2.75, 3.05) is 43.4 Å². The molecule has 1 aromatic heterocycles. The molecule has 0 bridgehead atoms. The number of rotatable bonds is 5. The number of carbonyl (C=O) groups excluding carboxylic acids is 1. The number of carbonyl (C=O) groups is 1. The highest BCUT2D eigenvalue weighted by molar-refractivity contribution is 5.85. The summed E-state index contributed by atoms with van der Waals surface area (Å²) in [6, 6.07) is 2.28. The molecule has 0 radical (unpaired) electrons. The van der Waals surface area contributed by atoms with Crippen molar-refractivity contribution in [1.29, 1.82) is 0 Å². The average molecular weight is 355 g/mol. The molecule has 134 valence electrons. The Morgan fingerprint density at radius 2 is 2.12 bits per heavy atom. The van der Waals surface area contributed by atoms with Crippen LogP contribution in [-0.4, -0.2) is 55.1 Å². The van der Waals surface area contributed by atoms with Crippen LogP contribution in [0, 0.1) is 5.92 Å². The van der Waals surface area contributed by atoms with Crippen molar-refractivity contribution in [1.82, 2.24) is 20.6 Å². The summed E-state index contributed by atoms with van der Waals surface area (Å²) < 4.78 is 0. The highest BCUT2D eigenvalue weighted by Crippen LogP contribution is 2.24. The first-order valence-corrected chi connectivity index (χ1v) is 8.53. The highest BCUT2D eigenvalue weighted by Gasteiger charge is 2.28. The molecule has 1 amide bonds. The predicted octanol–water partition coefficient (Wildman–Crippen LogP) is 1.02. The van der Waals surface area contributed by atoms with Crippen LogP contribution in [0.2, 0.25) is 0 Å². The van der Waals surface area contributed by atoms with Gasteiger partial charge in [-0.25, -0.2) is 9.97 Å². The van der Waals surface area contributed by atoms with Gasteiger partial charge in [-0.3, -0.25) is 4.79 Å². The second-order valence-electron chi connectivity index (χ2n) is 6.27. The third kappa shape index (κ3) is 4.48. The Morgan fingerprint density at radius 1 is 1.33 bits per heavy atom. The number of anilines is 2. The van der Waals surface area contributed by atoms with Gasteiger partial charge < -0.3 is 20.9 Å². The molecule has 3 heterocycles. The lowest BCUT2D eigenvalue weighted by Crippen LogP contribution is -2.44. The summed E-state index contributed by atoms with van der Waals surface area (Å²) in [6.45, 7) is 3.57. The molecule has 1 aromatic rings. The molecule has 2 fully saturated rings. The fourth-order valence-corrected chi connectivity index (χ4v) is 3.44. The minimum atomic E-state index is 0. The van der Waals surface area contributed by atoms with Crippen LogP contribution in [-0.2, 0) is 4.79 Å². The van der Waals surface area contributed by atoms with Gasteiger partial charge in [-0.1, -0.05) is 0 Å². The first-order chi connectivity index (χ1) is 11.3. The minimum absolute atomic E-state index is 0. The molecule has 2 saturated heterocycles. The van der Waals surface area contributed by atoms with Gasteiger partial charge in [-0.15, -0.1) is 12.4 Å². The van der Waals surface area contributed by atoms with Crippen molar-refractivity contribution in [3.63, 3.8) is 0 Å². The van der Waals surface area contributed by atoms with E-state index in [1.165, 1.54) is 0 Å². The zero-order valence-electron chi connectivity index (χ0n) is 14.1. The van der Waals surface area contributed by atoms with Crippen LogP contribution in [0.5, 0.6) is 0 Å². The molecule has 2 aliphatic heterocycles. The monoisotopic (exact) mass is 354 g/mol. The SMILES string of the molecule is CNc1cc(N2CCCC2CNC(=O)C2CCNCC2)ncn1.Cl. The number of nitrogens with zero attached hydrogens (tertiary/aromatic N) is 3. The topological polar surface area (TPSA) is 82.2 Å². The van der Waals surface area contributed by atoms with Gasteiger partial charge in [0.05, 0.1) is 0 Å². The van der Waals surface area contributed by atoms with Gasteiger partial charge >= 0.3 is 0 Å². The van der Waals surface area contributed by atoms with E-state index in [0.29, 0.717) is 12.6 Å². The van der Waals surface area contributed by atoms with Crippen LogP contribution in [0.15, 0.2) is 12.4 Å². The fraction of sp³-hybridized carbons (Fsp3) is 0.688. The van der Waals surface area contributed by atoms with Crippen LogP contribution < -0.4 is 20.9 Å².